The zero-order valence-corrected chi connectivity index (χ0v) is 16.7. The molecule has 0 aliphatic carbocycles. The van der Waals surface area contributed by atoms with Crippen LogP contribution in [0.2, 0.25) is 0 Å². The lowest BCUT2D eigenvalue weighted by Crippen LogP contribution is -2.50. The molecule has 2 amide bonds. The van der Waals surface area contributed by atoms with E-state index in [-0.39, 0.29) is 6.03 Å². The number of urea groups is 1. The second-order valence-electron chi connectivity index (χ2n) is 6.99. The third kappa shape index (κ3) is 4.06. The van der Waals surface area contributed by atoms with E-state index in [0.717, 1.165) is 48.2 Å². The monoisotopic (exact) mass is 391 g/mol. The predicted octanol–water partition coefficient (Wildman–Crippen LogP) is 2.89. The minimum atomic E-state index is -0.0528. The van der Waals surface area contributed by atoms with E-state index in [1.54, 1.807) is 12.5 Å². The molecule has 0 spiro atoms. The van der Waals surface area contributed by atoms with Gasteiger partial charge < -0.3 is 15.1 Å². The van der Waals surface area contributed by atoms with Gasteiger partial charge in [0.15, 0.2) is 0 Å². The highest BCUT2D eigenvalue weighted by Gasteiger charge is 2.23. The number of nitrogens with zero attached hydrogens (tertiary/aromatic N) is 6. The van der Waals surface area contributed by atoms with Crippen LogP contribution < -0.4 is 10.2 Å². The molecule has 3 aromatic rings. The molecule has 3 heterocycles. The molecule has 4 rings (SSSR count). The number of hydrogen-bond acceptors (Lipinski definition) is 5. The summed E-state index contributed by atoms with van der Waals surface area (Å²) in [7, 11) is 0. The molecule has 0 unspecified atom stereocenters. The topological polar surface area (TPSA) is 79.2 Å². The zero-order chi connectivity index (χ0) is 20.2. The maximum Gasteiger partial charge on any atom is 0.321 e. The van der Waals surface area contributed by atoms with E-state index in [2.05, 4.69) is 32.1 Å². The van der Waals surface area contributed by atoms with Crippen LogP contribution in [0.15, 0.2) is 49.1 Å². The summed E-state index contributed by atoms with van der Waals surface area (Å²) < 4.78 is 1.93. The summed E-state index contributed by atoms with van der Waals surface area (Å²) in [6.07, 6.45) is 6.10. The van der Waals surface area contributed by atoms with E-state index in [1.807, 2.05) is 52.9 Å². The normalized spacial score (nSPS) is 14.1. The van der Waals surface area contributed by atoms with Crippen molar-refractivity contribution in [2.45, 2.75) is 20.3 Å². The first kappa shape index (κ1) is 18.9. The van der Waals surface area contributed by atoms with Crippen LogP contribution >= 0.6 is 0 Å². The maximum absolute atomic E-state index is 12.7. The molecule has 2 aromatic heterocycles. The Kier molecular flexibility index (Phi) is 5.41. The van der Waals surface area contributed by atoms with Gasteiger partial charge in [0.25, 0.3) is 0 Å². The second kappa shape index (κ2) is 8.30. The van der Waals surface area contributed by atoms with Crippen molar-refractivity contribution >= 4 is 17.5 Å². The first-order valence-electron chi connectivity index (χ1n) is 9.87. The molecule has 8 heteroatoms. The van der Waals surface area contributed by atoms with Crippen molar-refractivity contribution in [1.29, 1.82) is 0 Å². The average molecular weight is 391 g/mol. The quantitative estimate of drug-likeness (QED) is 0.740. The molecule has 1 N–H and O–H groups in total. The highest BCUT2D eigenvalue weighted by atomic mass is 16.2. The highest BCUT2D eigenvalue weighted by Crippen LogP contribution is 2.19. The number of aromatic nitrogens is 4. The molecule has 150 valence electrons. The van der Waals surface area contributed by atoms with Crippen LogP contribution in [0.3, 0.4) is 0 Å². The lowest BCUT2D eigenvalue weighted by atomic mass is 10.1. The van der Waals surface area contributed by atoms with E-state index < -0.39 is 0 Å². The Morgan fingerprint density at radius 3 is 2.55 bits per heavy atom. The van der Waals surface area contributed by atoms with Gasteiger partial charge in [-0.3, -0.25) is 4.57 Å². The van der Waals surface area contributed by atoms with Gasteiger partial charge in [-0.25, -0.2) is 19.7 Å². The number of hydrogen-bond donors (Lipinski definition) is 1. The molecule has 8 nitrogen and oxygen atoms in total. The summed E-state index contributed by atoms with van der Waals surface area (Å²) in [6, 6.07) is 9.84. The van der Waals surface area contributed by atoms with E-state index >= 15 is 0 Å². The van der Waals surface area contributed by atoms with Crippen LogP contribution in [0, 0.1) is 6.92 Å². The molecule has 29 heavy (non-hydrogen) atoms. The lowest BCUT2D eigenvalue weighted by molar-refractivity contribution is 0.208. The minimum Gasteiger partial charge on any atom is -0.353 e. The lowest BCUT2D eigenvalue weighted by Gasteiger charge is -2.35. The molecule has 1 aromatic carbocycles. The number of imidazole rings is 1. The molecule has 0 bridgehead atoms. The summed E-state index contributed by atoms with van der Waals surface area (Å²) in [5.41, 5.74) is 2.03. The number of para-hydroxylation sites is 1. The van der Waals surface area contributed by atoms with Crippen LogP contribution in [0.25, 0.3) is 5.82 Å². The summed E-state index contributed by atoms with van der Waals surface area (Å²) in [6.45, 7) is 6.76. The van der Waals surface area contributed by atoms with Gasteiger partial charge in [0.1, 0.15) is 23.8 Å². The maximum atomic E-state index is 12.7. The fraction of sp³-hybridized carbons (Fsp3) is 0.333. The molecule has 1 aliphatic heterocycles. The summed E-state index contributed by atoms with van der Waals surface area (Å²) >= 11 is 0. The Hall–Kier alpha value is -3.42. The summed E-state index contributed by atoms with van der Waals surface area (Å²) in [4.78, 5) is 29.7. The van der Waals surface area contributed by atoms with Crippen LogP contribution in [-0.4, -0.2) is 56.6 Å². The molecule has 0 saturated carbocycles. The van der Waals surface area contributed by atoms with Crippen LogP contribution in [-0.2, 0) is 6.42 Å². The van der Waals surface area contributed by atoms with Crippen molar-refractivity contribution in [2.75, 3.05) is 36.4 Å². The number of carbonyl (C=O) groups is 1. The molecular weight excluding hydrogens is 366 g/mol. The summed E-state index contributed by atoms with van der Waals surface area (Å²) in [5.74, 6) is 2.53. The Morgan fingerprint density at radius 2 is 1.83 bits per heavy atom. The number of anilines is 2. The first-order chi connectivity index (χ1) is 14.2. The molecule has 1 fully saturated rings. The van der Waals surface area contributed by atoms with Crippen molar-refractivity contribution < 1.29 is 4.79 Å². The van der Waals surface area contributed by atoms with Gasteiger partial charge in [0.05, 0.1) is 0 Å². The summed E-state index contributed by atoms with van der Waals surface area (Å²) in [5, 5.41) is 3.05. The van der Waals surface area contributed by atoms with E-state index in [9.17, 15) is 4.79 Å². The van der Waals surface area contributed by atoms with Crippen LogP contribution in [0.5, 0.6) is 0 Å². The van der Waals surface area contributed by atoms with E-state index in [4.69, 9.17) is 0 Å². The molecular formula is C21H25N7O. The Balaban J connectivity index is 1.39. The van der Waals surface area contributed by atoms with Gasteiger partial charge in [-0.15, -0.1) is 0 Å². The highest BCUT2D eigenvalue weighted by molar-refractivity contribution is 5.90. The van der Waals surface area contributed by atoms with Crippen molar-refractivity contribution in [1.82, 2.24) is 24.4 Å². The molecule has 1 aliphatic rings. The number of rotatable bonds is 4. The number of carbonyl (C=O) groups excluding carboxylic acids is 1. The third-order valence-corrected chi connectivity index (χ3v) is 5.24. The molecule has 0 atom stereocenters. The standard InChI is InChI=1S/C21H25N7O/c1-3-17-6-4-5-7-18(17)25-21(29)27-12-10-26(11-13-27)19-14-20(24-15-23-19)28-9-8-22-16(28)2/h4-9,14-15H,3,10-13H2,1-2H3,(H,25,29). The Morgan fingerprint density at radius 1 is 1.07 bits per heavy atom. The zero-order valence-electron chi connectivity index (χ0n) is 16.7. The van der Waals surface area contributed by atoms with E-state index in [1.165, 1.54) is 0 Å². The fourth-order valence-electron chi connectivity index (χ4n) is 3.55. The second-order valence-corrected chi connectivity index (χ2v) is 6.99. The van der Waals surface area contributed by atoms with Gasteiger partial charge in [-0.1, -0.05) is 25.1 Å². The number of amides is 2. The first-order valence-corrected chi connectivity index (χ1v) is 9.87. The minimum absolute atomic E-state index is 0.0528. The van der Waals surface area contributed by atoms with Crippen molar-refractivity contribution in [2.24, 2.45) is 0 Å². The molecule has 0 radical (unpaired) electrons. The van der Waals surface area contributed by atoms with Gasteiger partial charge in [-0.2, -0.15) is 0 Å². The van der Waals surface area contributed by atoms with Crippen molar-refractivity contribution in [3.05, 3.63) is 60.4 Å². The largest absolute Gasteiger partial charge is 0.353 e. The number of benzene rings is 1. The van der Waals surface area contributed by atoms with Gasteiger partial charge in [0, 0.05) is 50.3 Å². The van der Waals surface area contributed by atoms with Crippen molar-refractivity contribution in [3.8, 4) is 5.82 Å². The number of nitrogens with one attached hydrogen (secondary N) is 1. The third-order valence-electron chi connectivity index (χ3n) is 5.24. The smallest absolute Gasteiger partial charge is 0.321 e. The SMILES string of the molecule is CCc1ccccc1NC(=O)N1CCN(c2cc(-n3ccnc3C)ncn2)CC1. The average Bonchev–Trinajstić information content (AvgIpc) is 3.20. The van der Waals surface area contributed by atoms with Crippen LogP contribution in [0.4, 0.5) is 16.3 Å². The van der Waals surface area contributed by atoms with Gasteiger partial charge >= 0.3 is 6.03 Å². The Bertz CT molecular complexity index is 992. The number of aryl methyl sites for hydroxylation is 2. The predicted molar refractivity (Wildman–Crippen MR) is 113 cm³/mol. The van der Waals surface area contributed by atoms with Crippen LogP contribution in [0.1, 0.15) is 18.3 Å². The fourth-order valence-corrected chi connectivity index (χ4v) is 3.55. The van der Waals surface area contributed by atoms with Crippen molar-refractivity contribution in [3.63, 3.8) is 0 Å². The number of piperazine rings is 1. The van der Waals surface area contributed by atoms with E-state index in [0.29, 0.717) is 13.1 Å². The van der Waals surface area contributed by atoms with Gasteiger partial charge in [-0.05, 0) is 25.0 Å². The molecule has 1 saturated heterocycles. The van der Waals surface area contributed by atoms with Gasteiger partial charge in [0.2, 0.25) is 0 Å². The Labute approximate surface area is 170 Å².